The predicted molar refractivity (Wildman–Crippen MR) is 75.1 cm³/mol. The Kier molecular flexibility index (Phi) is 4.00. The molecule has 2 atom stereocenters. The average molecular weight is 345 g/mol. The second kappa shape index (κ2) is 5.38. The number of carboxylic acids is 1. The van der Waals surface area contributed by atoms with Gasteiger partial charge in [0.15, 0.2) is 5.82 Å². The monoisotopic (exact) mass is 344 g/mol. The van der Waals surface area contributed by atoms with Gasteiger partial charge in [0.25, 0.3) is 0 Å². The zero-order valence-electron chi connectivity index (χ0n) is 10.7. The summed E-state index contributed by atoms with van der Waals surface area (Å²) in [6, 6.07) is 1.67. The number of aryl methyl sites for hydroxylation is 1. The predicted octanol–water partition coefficient (Wildman–Crippen LogP) is 2.75. The lowest BCUT2D eigenvalue weighted by Gasteiger charge is -2.16. The highest BCUT2D eigenvalue weighted by Gasteiger charge is 2.25. The lowest BCUT2D eigenvalue weighted by atomic mass is 10.0. The molecule has 2 heterocycles. The van der Waals surface area contributed by atoms with E-state index in [-0.39, 0.29) is 6.04 Å². The molecule has 19 heavy (non-hydrogen) atoms. The van der Waals surface area contributed by atoms with Crippen LogP contribution < -0.4 is 0 Å². The quantitative estimate of drug-likeness (QED) is 0.922. The van der Waals surface area contributed by atoms with Crippen LogP contribution in [-0.2, 0) is 4.79 Å². The Morgan fingerprint density at radius 1 is 1.53 bits per heavy atom. The first-order chi connectivity index (χ1) is 8.91. The summed E-state index contributed by atoms with van der Waals surface area (Å²) in [7, 11) is 0. The smallest absolute Gasteiger partial charge is 0.308 e. The number of carboxylic acid groups (broad SMARTS) is 1. The fourth-order valence-electron chi connectivity index (χ4n) is 1.62. The Morgan fingerprint density at radius 3 is 2.74 bits per heavy atom. The second-order valence-corrected chi connectivity index (χ2v) is 6.75. The van der Waals surface area contributed by atoms with E-state index in [0.717, 1.165) is 14.2 Å². The SMILES string of the molecule is Cc1cc(-c2nnnn2C(C)C(C)C(=O)O)sc1Br. The lowest BCUT2D eigenvalue weighted by molar-refractivity contribution is -0.142. The van der Waals surface area contributed by atoms with Gasteiger partial charge in [0.1, 0.15) is 0 Å². The number of carbonyl (C=O) groups is 1. The maximum atomic E-state index is 11.1. The van der Waals surface area contributed by atoms with Crippen molar-refractivity contribution < 1.29 is 9.90 Å². The molecule has 102 valence electrons. The van der Waals surface area contributed by atoms with Crippen LogP contribution in [0.15, 0.2) is 9.85 Å². The zero-order valence-corrected chi connectivity index (χ0v) is 13.1. The Bertz CT molecular complexity index is 590. The topological polar surface area (TPSA) is 80.9 Å². The first kappa shape index (κ1) is 14.1. The summed E-state index contributed by atoms with van der Waals surface area (Å²) in [4.78, 5) is 12.0. The van der Waals surface area contributed by atoms with Crippen molar-refractivity contribution in [1.29, 1.82) is 0 Å². The summed E-state index contributed by atoms with van der Waals surface area (Å²) in [6.07, 6.45) is 0. The van der Waals surface area contributed by atoms with E-state index in [1.54, 1.807) is 18.5 Å². The number of aromatic nitrogens is 4. The van der Waals surface area contributed by atoms with Crippen LogP contribution in [0.4, 0.5) is 0 Å². The van der Waals surface area contributed by atoms with E-state index in [0.29, 0.717) is 5.82 Å². The van der Waals surface area contributed by atoms with Gasteiger partial charge in [-0.1, -0.05) is 0 Å². The van der Waals surface area contributed by atoms with Crippen LogP contribution in [0.2, 0.25) is 0 Å². The summed E-state index contributed by atoms with van der Waals surface area (Å²) in [5.41, 5.74) is 1.11. The molecule has 0 saturated carbocycles. The van der Waals surface area contributed by atoms with Gasteiger partial charge in [0.05, 0.1) is 20.6 Å². The summed E-state index contributed by atoms with van der Waals surface area (Å²) < 4.78 is 2.59. The molecule has 2 aromatic rings. The van der Waals surface area contributed by atoms with Crippen LogP contribution in [-0.4, -0.2) is 31.3 Å². The van der Waals surface area contributed by atoms with Crippen molar-refractivity contribution in [2.45, 2.75) is 26.8 Å². The van der Waals surface area contributed by atoms with E-state index in [1.807, 2.05) is 13.0 Å². The Labute approximate surface area is 122 Å². The van der Waals surface area contributed by atoms with Crippen LogP contribution in [0.1, 0.15) is 25.5 Å². The second-order valence-electron chi connectivity index (χ2n) is 4.38. The van der Waals surface area contributed by atoms with Crippen molar-refractivity contribution in [3.05, 3.63) is 15.4 Å². The largest absolute Gasteiger partial charge is 0.481 e. The maximum absolute atomic E-state index is 11.1. The minimum absolute atomic E-state index is 0.316. The van der Waals surface area contributed by atoms with E-state index in [9.17, 15) is 4.79 Å². The van der Waals surface area contributed by atoms with Gasteiger partial charge in [-0.05, 0) is 58.8 Å². The number of halogens is 1. The van der Waals surface area contributed by atoms with Crippen molar-refractivity contribution in [2.24, 2.45) is 5.92 Å². The summed E-state index contributed by atoms with van der Waals surface area (Å²) in [6.45, 7) is 5.43. The third-order valence-electron chi connectivity index (χ3n) is 3.07. The molecule has 0 fully saturated rings. The molecule has 0 amide bonds. The first-order valence-corrected chi connectivity index (χ1v) is 7.29. The van der Waals surface area contributed by atoms with Crippen molar-refractivity contribution in [2.75, 3.05) is 0 Å². The van der Waals surface area contributed by atoms with Crippen LogP contribution in [0.5, 0.6) is 0 Å². The lowest BCUT2D eigenvalue weighted by Crippen LogP contribution is -2.23. The van der Waals surface area contributed by atoms with Gasteiger partial charge in [0.2, 0.25) is 0 Å². The number of nitrogens with zero attached hydrogens (tertiary/aromatic N) is 4. The molecule has 0 saturated heterocycles. The molecule has 0 aliphatic heterocycles. The van der Waals surface area contributed by atoms with E-state index in [4.69, 9.17) is 5.11 Å². The van der Waals surface area contributed by atoms with Crippen molar-refractivity contribution >= 4 is 33.2 Å². The minimum Gasteiger partial charge on any atom is -0.481 e. The molecule has 0 aliphatic carbocycles. The van der Waals surface area contributed by atoms with Gasteiger partial charge in [-0.2, -0.15) is 0 Å². The maximum Gasteiger partial charge on any atom is 0.308 e. The Balaban J connectivity index is 2.40. The van der Waals surface area contributed by atoms with Gasteiger partial charge in [0, 0.05) is 0 Å². The van der Waals surface area contributed by atoms with Gasteiger partial charge in [-0.3, -0.25) is 4.79 Å². The van der Waals surface area contributed by atoms with E-state index in [1.165, 1.54) is 11.3 Å². The van der Waals surface area contributed by atoms with Crippen LogP contribution in [0.3, 0.4) is 0 Å². The fourth-order valence-corrected chi connectivity index (χ4v) is 3.13. The molecule has 1 N–H and O–H groups in total. The highest BCUT2D eigenvalue weighted by Crippen LogP contribution is 2.34. The first-order valence-electron chi connectivity index (χ1n) is 5.68. The van der Waals surface area contributed by atoms with Gasteiger partial charge in [-0.25, -0.2) is 4.68 Å². The number of hydrogen-bond acceptors (Lipinski definition) is 5. The third kappa shape index (κ3) is 2.69. The molecule has 2 unspecified atom stereocenters. The summed E-state index contributed by atoms with van der Waals surface area (Å²) in [5.74, 6) is -0.830. The number of tetrazole rings is 1. The Morgan fingerprint density at radius 2 is 2.21 bits per heavy atom. The number of aliphatic carboxylic acids is 1. The molecular weight excluding hydrogens is 332 g/mol. The molecule has 8 heteroatoms. The molecule has 0 spiro atoms. The fraction of sp³-hybridized carbons (Fsp3) is 0.455. The third-order valence-corrected chi connectivity index (χ3v) is 5.20. The molecule has 2 rings (SSSR count). The standard InChI is InChI=1S/C11H13BrN4O2S/c1-5-4-8(19-9(5)12)10-13-14-15-16(10)7(3)6(2)11(17)18/h4,6-7H,1-3H3,(H,17,18). The number of hydrogen-bond donors (Lipinski definition) is 1. The number of rotatable bonds is 4. The number of thiophene rings is 1. The van der Waals surface area contributed by atoms with Crippen molar-refractivity contribution in [3.63, 3.8) is 0 Å². The molecule has 0 radical (unpaired) electrons. The van der Waals surface area contributed by atoms with Crippen molar-refractivity contribution in [3.8, 4) is 10.7 Å². The molecular formula is C11H13BrN4O2S. The summed E-state index contributed by atoms with van der Waals surface area (Å²) in [5, 5.41) is 20.7. The highest BCUT2D eigenvalue weighted by atomic mass is 79.9. The van der Waals surface area contributed by atoms with Crippen molar-refractivity contribution in [1.82, 2.24) is 20.2 Å². The van der Waals surface area contributed by atoms with Gasteiger partial charge < -0.3 is 5.11 Å². The van der Waals surface area contributed by atoms with E-state index >= 15 is 0 Å². The Hall–Kier alpha value is -1.28. The average Bonchev–Trinajstić information content (AvgIpc) is 2.95. The molecule has 2 aromatic heterocycles. The van der Waals surface area contributed by atoms with E-state index < -0.39 is 11.9 Å². The molecule has 6 nitrogen and oxygen atoms in total. The normalized spacial score (nSPS) is 14.3. The van der Waals surface area contributed by atoms with Crippen LogP contribution >= 0.6 is 27.3 Å². The summed E-state index contributed by atoms with van der Waals surface area (Å²) >= 11 is 4.99. The minimum atomic E-state index is -0.863. The molecule has 0 aromatic carbocycles. The molecule has 0 aliphatic rings. The van der Waals surface area contributed by atoms with Gasteiger partial charge in [-0.15, -0.1) is 16.4 Å². The molecule has 0 bridgehead atoms. The van der Waals surface area contributed by atoms with Crippen LogP contribution in [0, 0.1) is 12.8 Å². The zero-order chi connectivity index (χ0) is 14.2. The van der Waals surface area contributed by atoms with Crippen LogP contribution in [0.25, 0.3) is 10.7 Å². The van der Waals surface area contributed by atoms with Gasteiger partial charge >= 0.3 is 5.97 Å². The highest BCUT2D eigenvalue weighted by molar-refractivity contribution is 9.11. The van der Waals surface area contributed by atoms with E-state index in [2.05, 4.69) is 31.5 Å².